The third kappa shape index (κ3) is 7.62. The van der Waals surface area contributed by atoms with Crippen LogP contribution in [0.15, 0.2) is 48.0 Å². The number of carbonyl (C=O) groups excluding carboxylic acids is 1. The number of nitriles is 1. The zero-order valence-corrected chi connectivity index (χ0v) is 20.0. The van der Waals surface area contributed by atoms with Crippen LogP contribution in [0.3, 0.4) is 0 Å². The van der Waals surface area contributed by atoms with Crippen LogP contribution in [0.25, 0.3) is 6.08 Å². The standard InChI is InChI=1S/C27H33N3O4/c1-3-4-5-21-6-9-24(10-7-21)29-27(31)23(20-28)18-22-8-11-25(26(19-22)32-2)34-17-14-30-12-15-33-16-13-30/h6-11,18-19H,3-5,12-17H2,1-2H3,(H,29,31)/b23-18+. The highest BCUT2D eigenvalue weighted by Gasteiger charge is 2.13. The van der Waals surface area contributed by atoms with Gasteiger partial charge in [-0.2, -0.15) is 5.26 Å². The number of morpholine rings is 1. The number of anilines is 1. The number of hydrogen-bond donors (Lipinski definition) is 1. The highest BCUT2D eigenvalue weighted by atomic mass is 16.5. The normalized spacial score (nSPS) is 14.3. The largest absolute Gasteiger partial charge is 0.493 e. The van der Waals surface area contributed by atoms with E-state index in [9.17, 15) is 10.1 Å². The average molecular weight is 464 g/mol. The molecular formula is C27H33N3O4. The molecule has 1 amide bonds. The lowest BCUT2D eigenvalue weighted by Crippen LogP contribution is -2.38. The molecule has 1 fully saturated rings. The molecule has 3 rings (SSSR count). The summed E-state index contributed by atoms with van der Waals surface area (Å²) in [5.74, 6) is 0.726. The molecule has 180 valence electrons. The van der Waals surface area contributed by atoms with Gasteiger partial charge in [0.25, 0.3) is 5.91 Å². The lowest BCUT2D eigenvalue weighted by Gasteiger charge is -2.26. The molecule has 0 radical (unpaired) electrons. The third-order valence-electron chi connectivity index (χ3n) is 5.66. The van der Waals surface area contributed by atoms with Crippen LogP contribution in [-0.2, 0) is 16.0 Å². The number of unbranched alkanes of at least 4 members (excludes halogenated alkanes) is 1. The summed E-state index contributed by atoms with van der Waals surface area (Å²) in [6.45, 7) is 6.83. The molecule has 34 heavy (non-hydrogen) atoms. The summed E-state index contributed by atoms with van der Waals surface area (Å²) in [6, 6.07) is 15.1. The van der Waals surface area contributed by atoms with E-state index >= 15 is 0 Å². The van der Waals surface area contributed by atoms with Crippen LogP contribution in [0.1, 0.15) is 30.9 Å². The van der Waals surface area contributed by atoms with Crippen LogP contribution in [0.4, 0.5) is 5.69 Å². The molecule has 2 aromatic carbocycles. The van der Waals surface area contributed by atoms with Crippen molar-refractivity contribution >= 4 is 17.7 Å². The van der Waals surface area contributed by atoms with Crippen molar-refractivity contribution in [3.8, 4) is 17.6 Å². The zero-order chi connectivity index (χ0) is 24.2. The molecule has 0 aromatic heterocycles. The van der Waals surface area contributed by atoms with E-state index in [1.807, 2.05) is 30.3 Å². The number of rotatable bonds is 11. The number of aryl methyl sites for hydroxylation is 1. The van der Waals surface area contributed by atoms with E-state index in [1.165, 1.54) is 5.56 Å². The second-order valence-corrected chi connectivity index (χ2v) is 8.14. The van der Waals surface area contributed by atoms with Gasteiger partial charge in [-0.3, -0.25) is 9.69 Å². The molecule has 1 saturated heterocycles. The molecule has 2 aromatic rings. The Bertz CT molecular complexity index is 1010. The van der Waals surface area contributed by atoms with Crippen LogP contribution < -0.4 is 14.8 Å². The molecule has 0 saturated carbocycles. The molecule has 0 atom stereocenters. The fourth-order valence-electron chi connectivity index (χ4n) is 3.65. The molecule has 1 heterocycles. The summed E-state index contributed by atoms with van der Waals surface area (Å²) in [5, 5.41) is 12.3. The van der Waals surface area contributed by atoms with E-state index in [0.29, 0.717) is 29.4 Å². The van der Waals surface area contributed by atoms with E-state index in [4.69, 9.17) is 14.2 Å². The van der Waals surface area contributed by atoms with Crippen LogP contribution in [0.5, 0.6) is 11.5 Å². The molecular weight excluding hydrogens is 430 g/mol. The molecule has 0 unspecified atom stereocenters. The predicted molar refractivity (Wildman–Crippen MR) is 133 cm³/mol. The molecule has 0 bridgehead atoms. The highest BCUT2D eigenvalue weighted by Crippen LogP contribution is 2.29. The Morgan fingerprint density at radius 1 is 1.18 bits per heavy atom. The van der Waals surface area contributed by atoms with Crippen molar-refractivity contribution < 1.29 is 19.0 Å². The van der Waals surface area contributed by atoms with Crippen molar-refractivity contribution in [1.82, 2.24) is 4.90 Å². The fraction of sp³-hybridized carbons (Fsp3) is 0.407. The summed E-state index contributed by atoms with van der Waals surface area (Å²) < 4.78 is 16.7. The number of nitrogens with one attached hydrogen (secondary N) is 1. The maximum Gasteiger partial charge on any atom is 0.266 e. The second-order valence-electron chi connectivity index (χ2n) is 8.14. The number of amides is 1. The first-order chi connectivity index (χ1) is 16.6. The minimum atomic E-state index is -0.450. The van der Waals surface area contributed by atoms with Gasteiger partial charge in [0.15, 0.2) is 11.5 Å². The van der Waals surface area contributed by atoms with E-state index < -0.39 is 5.91 Å². The van der Waals surface area contributed by atoms with E-state index in [2.05, 4.69) is 17.1 Å². The average Bonchev–Trinajstić information content (AvgIpc) is 2.88. The zero-order valence-electron chi connectivity index (χ0n) is 20.0. The van der Waals surface area contributed by atoms with Crippen molar-refractivity contribution in [1.29, 1.82) is 5.26 Å². The Kier molecular flexibility index (Phi) is 9.96. The lowest BCUT2D eigenvalue weighted by molar-refractivity contribution is -0.112. The minimum absolute atomic E-state index is 0.0121. The molecule has 1 aliphatic heterocycles. The number of methoxy groups -OCH3 is 1. The Balaban J connectivity index is 1.61. The van der Waals surface area contributed by atoms with E-state index in [1.54, 1.807) is 31.4 Å². The van der Waals surface area contributed by atoms with Gasteiger partial charge in [0.1, 0.15) is 18.2 Å². The van der Waals surface area contributed by atoms with Gasteiger partial charge < -0.3 is 19.5 Å². The SMILES string of the molecule is CCCCc1ccc(NC(=O)/C(C#N)=C/c2ccc(OCCN3CCOCC3)c(OC)c2)cc1. The number of benzene rings is 2. The Morgan fingerprint density at radius 2 is 1.94 bits per heavy atom. The number of ether oxygens (including phenoxy) is 3. The van der Waals surface area contributed by atoms with Crippen molar-refractivity contribution in [2.75, 3.05) is 51.9 Å². The first-order valence-corrected chi connectivity index (χ1v) is 11.8. The van der Waals surface area contributed by atoms with E-state index in [-0.39, 0.29) is 5.57 Å². The van der Waals surface area contributed by atoms with Crippen molar-refractivity contribution in [2.45, 2.75) is 26.2 Å². The quantitative estimate of drug-likeness (QED) is 0.395. The van der Waals surface area contributed by atoms with Crippen molar-refractivity contribution in [3.05, 3.63) is 59.2 Å². The first-order valence-electron chi connectivity index (χ1n) is 11.8. The molecule has 1 N–H and O–H groups in total. The Hall–Kier alpha value is -3.34. The van der Waals surface area contributed by atoms with Crippen LogP contribution >= 0.6 is 0 Å². The van der Waals surface area contributed by atoms with Gasteiger partial charge in [-0.15, -0.1) is 0 Å². The predicted octanol–water partition coefficient (Wildman–Crippen LogP) is 4.29. The van der Waals surface area contributed by atoms with Gasteiger partial charge in [0, 0.05) is 25.3 Å². The molecule has 1 aliphatic rings. The topological polar surface area (TPSA) is 83.8 Å². The van der Waals surface area contributed by atoms with Gasteiger partial charge in [0.05, 0.1) is 20.3 Å². The Labute approximate surface area is 201 Å². The number of carbonyl (C=O) groups is 1. The second kappa shape index (κ2) is 13.4. The fourth-order valence-corrected chi connectivity index (χ4v) is 3.65. The third-order valence-corrected chi connectivity index (χ3v) is 5.66. The first kappa shape index (κ1) is 25.3. The number of hydrogen-bond acceptors (Lipinski definition) is 6. The smallest absolute Gasteiger partial charge is 0.266 e. The van der Waals surface area contributed by atoms with Crippen LogP contribution in [-0.4, -0.2) is 57.4 Å². The number of nitrogens with zero attached hydrogens (tertiary/aromatic N) is 2. The Morgan fingerprint density at radius 3 is 2.62 bits per heavy atom. The van der Waals surface area contributed by atoms with Gasteiger partial charge in [-0.1, -0.05) is 31.5 Å². The maximum absolute atomic E-state index is 12.6. The van der Waals surface area contributed by atoms with Gasteiger partial charge in [-0.25, -0.2) is 0 Å². The summed E-state index contributed by atoms with van der Waals surface area (Å²) in [5.41, 5.74) is 2.58. The molecule has 7 nitrogen and oxygen atoms in total. The van der Waals surface area contributed by atoms with Crippen molar-refractivity contribution in [3.63, 3.8) is 0 Å². The maximum atomic E-state index is 12.6. The van der Waals surface area contributed by atoms with Gasteiger partial charge >= 0.3 is 0 Å². The van der Waals surface area contributed by atoms with Crippen LogP contribution in [0.2, 0.25) is 0 Å². The van der Waals surface area contributed by atoms with E-state index in [0.717, 1.165) is 52.1 Å². The molecule has 0 spiro atoms. The molecule has 7 heteroatoms. The monoisotopic (exact) mass is 463 g/mol. The molecule has 0 aliphatic carbocycles. The summed E-state index contributed by atoms with van der Waals surface area (Å²) in [7, 11) is 1.57. The van der Waals surface area contributed by atoms with Crippen molar-refractivity contribution in [2.24, 2.45) is 0 Å². The minimum Gasteiger partial charge on any atom is -0.493 e. The summed E-state index contributed by atoms with van der Waals surface area (Å²) in [6.07, 6.45) is 4.84. The lowest BCUT2D eigenvalue weighted by atomic mass is 10.1. The summed E-state index contributed by atoms with van der Waals surface area (Å²) >= 11 is 0. The van der Waals surface area contributed by atoms with Crippen LogP contribution in [0, 0.1) is 11.3 Å². The van der Waals surface area contributed by atoms with Gasteiger partial charge in [0.2, 0.25) is 0 Å². The highest BCUT2D eigenvalue weighted by molar-refractivity contribution is 6.09. The summed E-state index contributed by atoms with van der Waals surface area (Å²) in [4.78, 5) is 14.9. The van der Waals surface area contributed by atoms with Gasteiger partial charge in [-0.05, 0) is 54.3 Å².